The first-order valence-electron chi connectivity index (χ1n) is 6.90. The summed E-state index contributed by atoms with van der Waals surface area (Å²) >= 11 is 0. The van der Waals surface area contributed by atoms with Crippen molar-refractivity contribution >= 4 is 17.6 Å². The lowest BCUT2D eigenvalue weighted by atomic mass is 9.82. The number of fused-ring (bicyclic) bond motifs is 3. The summed E-state index contributed by atoms with van der Waals surface area (Å²) in [6.45, 7) is 0.152. The number of nitrogens with one attached hydrogen (secondary N) is 1. The van der Waals surface area contributed by atoms with E-state index in [9.17, 15) is 14.7 Å². The molecule has 0 radical (unpaired) electrons. The SMILES string of the molecule is O=C(O)[C@@H]1[C@@H](C(=O)Nc2ccc3c(c2)OCO3)[C@H]2C=C[C@H]1O2. The molecule has 4 atom stereocenters. The smallest absolute Gasteiger partial charge is 0.310 e. The largest absolute Gasteiger partial charge is 0.481 e. The van der Waals surface area contributed by atoms with Crippen LogP contribution in [-0.2, 0) is 14.3 Å². The van der Waals surface area contributed by atoms with E-state index in [2.05, 4.69) is 5.32 Å². The Morgan fingerprint density at radius 1 is 1.09 bits per heavy atom. The van der Waals surface area contributed by atoms with Crippen LogP contribution in [0.3, 0.4) is 0 Å². The predicted octanol–water partition coefficient (Wildman–Crippen LogP) is 1.01. The molecule has 0 unspecified atom stereocenters. The van der Waals surface area contributed by atoms with Crippen molar-refractivity contribution in [3.8, 4) is 11.5 Å². The van der Waals surface area contributed by atoms with Gasteiger partial charge in [-0.3, -0.25) is 9.59 Å². The quantitative estimate of drug-likeness (QED) is 0.809. The van der Waals surface area contributed by atoms with Crippen molar-refractivity contribution in [1.82, 2.24) is 0 Å². The number of carbonyl (C=O) groups is 2. The molecule has 1 saturated heterocycles. The van der Waals surface area contributed by atoms with Gasteiger partial charge in [-0.2, -0.15) is 0 Å². The second-order valence-electron chi connectivity index (χ2n) is 5.40. The minimum absolute atomic E-state index is 0.152. The van der Waals surface area contributed by atoms with Crippen LogP contribution >= 0.6 is 0 Å². The number of aliphatic carboxylic acids is 1. The number of carboxylic acid groups (broad SMARTS) is 1. The molecule has 3 heterocycles. The molecule has 7 nitrogen and oxygen atoms in total. The Hall–Kier alpha value is -2.54. The van der Waals surface area contributed by atoms with E-state index in [1.807, 2.05) is 0 Å². The maximum atomic E-state index is 12.5. The van der Waals surface area contributed by atoms with Gasteiger partial charge in [-0.25, -0.2) is 0 Å². The van der Waals surface area contributed by atoms with Crippen molar-refractivity contribution in [3.05, 3.63) is 30.4 Å². The van der Waals surface area contributed by atoms with Gasteiger partial charge in [-0.05, 0) is 12.1 Å². The molecule has 0 spiro atoms. The normalized spacial score (nSPS) is 30.5. The van der Waals surface area contributed by atoms with Gasteiger partial charge in [-0.1, -0.05) is 12.2 Å². The molecule has 3 aliphatic heterocycles. The van der Waals surface area contributed by atoms with E-state index in [1.165, 1.54) is 0 Å². The van der Waals surface area contributed by atoms with Gasteiger partial charge in [0.05, 0.1) is 18.1 Å². The fourth-order valence-corrected chi connectivity index (χ4v) is 3.11. The lowest BCUT2D eigenvalue weighted by Crippen LogP contribution is -2.39. The first-order chi connectivity index (χ1) is 10.6. The van der Waals surface area contributed by atoms with Crippen LogP contribution in [0.15, 0.2) is 30.4 Å². The zero-order valence-corrected chi connectivity index (χ0v) is 11.4. The maximum Gasteiger partial charge on any atom is 0.310 e. The molecular formula is C15H13NO6. The van der Waals surface area contributed by atoms with Crippen molar-refractivity contribution < 1.29 is 28.9 Å². The van der Waals surface area contributed by atoms with Gasteiger partial charge in [0.15, 0.2) is 11.5 Å². The zero-order valence-electron chi connectivity index (χ0n) is 11.4. The van der Waals surface area contributed by atoms with Crippen LogP contribution in [0.25, 0.3) is 0 Å². The van der Waals surface area contributed by atoms with Gasteiger partial charge in [0, 0.05) is 11.8 Å². The van der Waals surface area contributed by atoms with Crippen molar-refractivity contribution in [2.75, 3.05) is 12.1 Å². The topological polar surface area (TPSA) is 94.1 Å². The number of benzene rings is 1. The molecular weight excluding hydrogens is 290 g/mol. The highest BCUT2D eigenvalue weighted by molar-refractivity contribution is 5.97. The Morgan fingerprint density at radius 2 is 1.82 bits per heavy atom. The number of anilines is 1. The summed E-state index contributed by atoms with van der Waals surface area (Å²) in [5, 5.41) is 12.0. The van der Waals surface area contributed by atoms with Gasteiger partial charge in [0.2, 0.25) is 12.7 Å². The molecule has 2 N–H and O–H groups in total. The molecule has 22 heavy (non-hydrogen) atoms. The molecule has 1 amide bonds. The lowest BCUT2D eigenvalue weighted by molar-refractivity contribution is -0.145. The maximum absolute atomic E-state index is 12.5. The summed E-state index contributed by atoms with van der Waals surface area (Å²) in [5.41, 5.74) is 0.533. The highest BCUT2D eigenvalue weighted by Gasteiger charge is 2.53. The van der Waals surface area contributed by atoms with Gasteiger partial charge >= 0.3 is 5.97 Å². The number of carboxylic acids is 1. The highest BCUT2D eigenvalue weighted by atomic mass is 16.7. The van der Waals surface area contributed by atoms with Crippen LogP contribution in [0.4, 0.5) is 5.69 Å². The van der Waals surface area contributed by atoms with Gasteiger partial charge in [-0.15, -0.1) is 0 Å². The van der Waals surface area contributed by atoms with E-state index in [-0.39, 0.29) is 12.7 Å². The molecule has 1 fully saturated rings. The molecule has 0 saturated carbocycles. The lowest BCUT2D eigenvalue weighted by Gasteiger charge is -2.21. The predicted molar refractivity (Wildman–Crippen MR) is 73.6 cm³/mol. The second-order valence-corrected chi connectivity index (χ2v) is 5.40. The fraction of sp³-hybridized carbons (Fsp3) is 0.333. The summed E-state index contributed by atoms with van der Waals surface area (Å²) in [4.78, 5) is 23.8. The Balaban J connectivity index is 1.55. The molecule has 0 aliphatic carbocycles. The van der Waals surface area contributed by atoms with E-state index < -0.39 is 30.0 Å². The number of hydrogen-bond acceptors (Lipinski definition) is 5. The Bertz CT molecular complexity index is 685. The first kappa shape index (κ1) is 13.1. The molecule has 1 aromatic rings. The Labute approximate surface area is 125 Å². The molecule has 0 aromatic heterocycles. The van der Waals surface area contributed by atoms with Crippen LogP contribution in [0.2, 0.25) is 0 Å². The van der Waals surface area contributed by atoms with E-state index in [0.717, 1.165) is 0 Å². The van der Waals surface area contributed by atoms with Crippen LogP contribution in [0.1, 0.15) is 0 Å². The van der Waals surface area contributed by atoms with E-state index in [4.69, 9.17) is 14.2 Å². The molecule has 4 rings (SSSR count). The average Bonchev–Trinajstić information content (AvgIpc) is 3.20. The number of rotatable bonds is 3. The van der Waals surface area contributed by atoms with E-state index in [1.54, 1.807) is 30.4 Å². The molecule has 1 aromatic carbocycles. The monoisotopic (exact) mass is 303 g/mol. The molecule has 2 bridgehead atoms. The molecule has 7 heteroatoms. The van der Waals surface area contributed by atoms with E-state index >= 15 is 0 Å². The van der Waals surface area contributed by atoms with Crippen molar-refractivity contribution in [2.45, 2.75) is 12.2 Å². The minimum atomic E-state index is -1.03. The number of carbonyl (C=O) groups excluding carboxylic acids is 1. The standard InChI is InChI=1S/C15H13NO6/c17-14(12-9-3-4-10(22-9)13(12)15(18)19)16-7-1-2-8-11(5-7)21-6-20-8/h1-5,9-10,12-13H,6H2,(H,16,17)(H,18,19)/t9-,10-,12+,13+/m1/s1. The minimum Gasteiger partial charge on any atom is -0.481 e. The van der Waals surface area contributed by atoms with Gasteiger partial charge in [0.1, 0.15) is 5.92 Å². The van der Waals surface area contributed by atoms with Crippen molar-refractivity contribution in [3.63, 3.8) is 0 Å². The summed E-state index contributed by atoms with van der Waals surface area (Å²) in [6.07, 6.45) is 2.43. The van der Waals surface area contributed by atoms with Crippen molar-refractivity contribution in [1.29, 1.82) is 0 Å². The number of amides is 1. The van der Waals surface area contributed by atoms with Crippen LogP contribution in [0.5, 0.6) is 11.5 Å². The van der Waals surface area contributed by atoms with Crippen LogP contribution in [-0.4, -0.2) is 36.0 Å². The first-order valence-corrected chi connectivity index (χ1v) is 6.90. The molecule has 114 valence electrons. The van der Waals surface area contributed by atoms with Gasteiger partial charge < -0.3 is 24.6 Å². The number of ether oxygens (including phenoxy) is 3. The van der Waals surface area contributed by atoms with Crippen LogP contribution in [0, 0.1) is 11.8 Å². The second kappa shape index (κ2) is 4.74. The molecule has 3 aliphatic rings. The summed E-state index contributed by atoms with van der Waals surface area (Å²) in [7, 11) is 0. The Kier molecular flexibility index (Phi) is 2.83. The summed E-state index contributed by atoms with van der Waals surface area (Å²) in [6, 6.07) is 5.04. The third-order valence-corrected chi connectivity index (χ3v) is 4.13. The van der Waals surface area contributed by atoms with Crippen LogP contribution < -0.4 is 14.8 Å². The number of hydrogen-bond donors (Lipinski definition) is 2. The van der Waals surface area contributed by atoms with E-state index in [0.29, 0.717) is 17.2 Å². The average molecular weight is 303 g/mol. The summed E-state index contributed by atoms with van der Waals surface area (Å²) < 4.78 is 16.0. The Morgan fingerprint density at radius 3 is 2.59 bits per heavy atom. The summed E-state index contributed by atoms with van der Waals surface area (Å²) in [5.74, 6) is -1.82. The van der Waals surface area contributed by atoms with Crippen molar-refractivity contribution in [2.24, 2.45) is 11.8 Å². The highest BCUT2D eigenvalue weighted by Crippen LogP contribution is 2.40. The third-order valence-electron chi connectivity index (χ3n) is 4.13. The third kappa shape index (κ3) is 1.93. The fourth-order valence-electron chi connectivity index (χ4n) is 3.11. The van der Waals surface area contributed by atoms with Gasteiger partial charge in [0.25, 0.3) is 0 Å². The zero-order chi connectivity index (χ0) is 15.3.